The van der Waals surface area contributed by atoms with Crippen LogP contribution in [0.25, 0.3) is 5.69 Å². The van der Waals surface area contributed by atoms with E-state index in [1.54, 1.807) is 33.6 Å². The van der Waals surface area contributed by atoms with Gasteiger partial charge >= 0.3 is 11.4 Å². The normalized spacial score (nSPS) is 43.9. The van der Waals surface area contributed by atoms with Crippen LogP contribution in [0.1, 0.15) is 12.1 Å². The van der Waals surface area contributed by atoms with Crippen LogP contribution in [0.15, 0.2) is 62.1 Å². The van der Waals surface area contributed by atoms with Gasteiger partial charge < -0.3 is 9.47 Å². The van der Waals surface area contributed by atoms with Crippen molar-refractivity contribution in [2.24, 2.45) is 23.7 Å². The van der Waals surface area contributed by atoms with Gasteiger partial charge in [-0.1, -0.05) is 53.6 Å². The first-order valence-electron chi connectivity index (χ1n) is 11.2. The summed E-state index contributed by atoms with van der Waals surface area (Å²) in [5.74, 6) is -2.01. The minimum atomic E-state index is -1.38. The van der Waals surface area contributed by atoms with Crippen molar-refractivity contribution in [2.45, 2.75) is 27.6 Å². The summed E-state index contributed by atoms with van der Waals surface area (Å²) in [5.41, 5.74) is -0.235. The Hall–Kier alpha value is -1.48. The molecule has 34 heavy (non-hydrogen) atoms. The topological polar surface area (TPSA) is 67.4 Å². The molecule has 0 radical (unpaired) electrons. The molecule has 9 rings (SSSR count). The van der Waals surface area contributed by atoms with Gasteiger partial charge in [-0.15, -0.1) is 23.2 Å². The highest BCUT2D eigenvalue weighted by atomic mass is 35.5. The lowest BCUT2D eigenvalue weighted by molar-refractivity contribution is -0.172. The Kier molecular flexibility index (Phi) is 3.70. The van der Waals surface area contributed by atoms with Gasteiger partial charge in [-0.05, 0) is 35.8 Å². The van der Waals surface area contributed by atoms with Crippen LogP contribution in [-0.2, 0) is 9.47 Å². The van der Waals surface area contributed by atoms with Gasteiger partial charge in [-0.25, -0.2) is 23.5 Å². The Labute approximate surface area is 213 Å². The number of allylic oxidation sites excluding steroid dienone is 2. The number of aromatic nitrogens is 3. The van der Waals surface area contributed by atoms with Gasteiger partial charge in [0.2, 0.25) is 5.79 Å². The van der Waals surface area contributed by atoms with Gasteiger partial charge in [-0.3, -0.25) is 0 Å². The zero-order valence-electron chi connectivity index (χ0n) is 17.4. The molecule has 8 atom stereocenters. The minimum absolute atomic E-state index is 0.0787. The predicted octanol–water partition coefficient (Wildman–Crippen LogP) is 3.36. The first kappa shape index (κ1) is 20.7. The van der Waals surface area contributed by atoms with Crippen molar-refractivity contribution in [1.82, 2.24) is 13.9 Å². The van der Waals surface area contributed by atoms with Crippen LogP contribution in [0, 0.1) is 23.7 Å². The fraction of sp³-hybridized carbons (Fsp3) is 0.478. The number of fused-ring (bicyclic) bond motifs is 3. The number of rotatable bonds is 1. The van der Waals surface area contributed by atoms with Crippen LogP contribution in [0.3, 0.4) is 0 Å². The van der Waals surface area contributed by atoms with Crippen LogP contribution in [-0.4, -0.2) is 42.7 Å². The molecular formula is C23H17Cl4N3O4. The molecule has 7 aliphatic rings. The molecule has 1 aromatic carbocycles. The SMILES string of the molecule is O=c1n(-c2ccccc2)c(=O)n2n1[C@@H]1C=C[C@H]2[C@@H]2[C@@H]1[C@@H]1[C@@H]2[C@]2(Cl)C(Cl)=C(Cl)[C@]1(Cl)C21OCCO1. The molecule has 4 bridgehead atoms. The van der Waals surface area contributed by atoms with Crippen LogP contribution < -0.4 is 11.4 Å². The lowest BCUT2D eigenvalue weighted by atomic mass is 9.46. The van der Waals surface area contributed by atoms with E-state index in [0.29, 0.717) is 18.9 Å². The molecule has 2 saturated carbocycles. The smallest absolute Gasteiger partial charge is 0.344 e. The molecule has 4 aliphatic carbocycles. The monoisotopic (exact) mass is 539 g/mol. The van der Waals surface area contributed by atoms with Crippen LogP contribution in [0.2, 0.25) is 0 Å². The second-order valence-electron chi connectivity index (χ2n) is 9.86. The standard InChI is InChI=1S/C23H17Cl4N3O4/c24-17-18(25)22(27)16-14-12-7-6-11(13(14)15(16)21(17,26)23(22)33-8-9-34-23)29-19(31)28(20(32)30(12)29)10-4-2-1-3-5-10/h1-7,11-16H,8-9H2/t11-,12+,13-,14-,15-,16-,21+,22+/m1/s1. The van der Waals surface area contributed by atoms with Crippen LogP contribution in [0.5, 0.6) is 0 Å². The van der Waals surface area contributed by atoms with Gasteiger partial charge in [0.25, 0.3) is 0 Å². The van der Waals surface area contributed by atoms with Gasteiger partial charge in [0.15, 0.2) is 0 Å². The average molecular weight is 541 g/mol. The van der Waals surface area contributed by atoms with E-state index in [2.05, 4.69) is 0 Å². The molecular weight excluding hydrogens is 524 g/mol. The third-order valence-corrected chi connectivity index (χ3v) is 11.6. The molecule has 1 aromatic heterocycles. The maximum atomic E-state index is 13.6. The third kappa shape index (κ3) is 1.77. The molecule has 0 unspecified atom stereocenters. The van der Waals surface area contributed by atoms with Crippen molar-refractivity contribution >= 4 is 46.4 Å². The van der Waals surface area contributed by atoms with Crippen molar-refractivity contribution in [2.75, 3.05) is 13.2 Å². The van der Waals surface area contributed by atoms with E-state index in [9.17, 15) is 9.59 Å². The number of alkyl halides is 2. The van der Waals surface area contributed by atoms with Gasteiger partial charge in [0, 0.05) is 0 Å². The number of hydrogen-bond donors (Lipinski definition) is 0. The zero-order chi connectivity index (χ0) is 23.4. The Bertz CT molecular complexity index is 1390. The van der Waals surface area contributed by atoms with E-state index in [1.165, 1.54) is 4.57 Å². The fourth-order valence-electron chi connectivity index (χ4n) is 7.94. The van der Waals surface area contributed by atoms with Gasteiger partial charge in [-0.2, -0.15) is 0 Å². The Morgan fingerprint density at radius 1 is 0.794 bits per heavy atom. The molecule has 4 heterocycles. The summed E-state index contributed by atoms with van der Waals surface area (Å²) < 4.78 is 16.6. The van der Waals surface area contributed by atoms with E-state index in [0.717, 1.165) is 0 Å². The minimum Gasteiger partial charge on any atom is -0.344 e. The summed E-state index contributed by atoms with van der Waals surface area (Å²) in [6.45, 7) is 0.664. The van der Waals surface area contributed by atoms with E-state index in [-0.39, 0.29) is 57.2 Å². The highest BCUT2D eigenvalue weighted by molar-refractivity contribution is 6.52. The number of benzene rings is 1. The summed E-state index contributed by atoms with van der Waals surface area (Å²) in [6.07, 6.45) is 3.99. The van der Waals surface area contributed by atoms with E-state index in [1.807, 2.05) is 18.2 Å². The molecule has 11 heteroatoms. The second-order valence-corrected chi connectivity index (χ2v) is 11.8. The summed E-state index contributed by atoms with van der Waals surface area (Å²) in [5, 5.41) is 0.508. The third-order valence-electron chi connectivity index (χ3n) is 8.94. The van der Waals surface area contributed by atoms with Crippen LogP contribution >= 0.6 is 46.4 Å². The largest absolute Gasteiger partial charge is 0.352 e. The molecule has 1 saturated heterocycles. The fourth-order valence-corrected chi connectivity index (χ4v) is 10.2. The summed E-state index contributed by atoms with van der Waals surface area (Å²) >= 11 is 28.2. The molecule has 176 valence electrons. The summed E-state index contributed by atoms with van der Waals surface area (Å²) in [6, 6.07) is 8.18. The van der Waals surface area contributed by atoms with Crippen molar-refractivity contribution < 1.29 is 9.47 Å². The molecule has 0 N–H and O–H groups in total. The highest BCUT2D eigenvalue weighted by Crippen LogP contribution is 2.84. The highest BCUT2D eigenvalue weighted by Gasteiger charge is 2.92. The predicted molar refractivity (Wildman–Crippen MR) is 126 cm³/mol. The van der Waals surface area contributed by atoms with Gasteiger partial charge in [0.05, 0.1) is 41.0 Å². The van der Waals surface area contributed by atoms with Crippen molar-refractivity contribution in [3.05, 3.63) is 73.5 Å². The van der Waals surface area contributed by atoms with E-state index in [4.69, 9.17) is 55.9 Å². The first-order valence-corrected chi connectivity index (χ1v) is 12.7. The molecule has 3 fully saturated rings. The molecule has 1 spiro atoms. The molecule has 3 aliphatic heterocycles. The molecule has 2 aromatic rings. The van der Waals surface area contributed by atoms with E-state index < -0.39 is 15.5 Å². The van der Waals surface area contributed by atoms with Crippen LogP contribution in [0.4, 0.5) is 0 Å². The molecule has 0 amide bonds. The summed E-state index contributed by atoms with van der Waals surface area (Å²) in [7, 11) is 0. The lowest BCUT2D eigenvalue weighted by Crippen LogP contribution is -2.66. The number of para-hydroxylation sites is 1. The van der Waals surface area contributed by atoms with Crippen molar-refractivity contribution in [3.63, 3.8) is 0 Å². The number of halogens is 4. The quantitative estimate of drug-likeness (QED) is 0.411. The van der Waals surface area contributed by atoms with Gasteiger partial charge in [0.1, 0.15) is 9.75 Å². The Balaban J connectivity index is 1.35. The zero-order valence-corrected chi connectivity index (χ0v) is 20.4. The Morgan fingerprint density at radius 3 is 1.74 bits per heavy atom. The average Bonchev–Trinajstić information content (AvgIpc) is 3.49. The number of hydrogen-bond acceptors (Lipinski definition) is 4. The summed E-state index contributed by atoms with van der Waals surface area (Å²) in [4.78, 5) is 24.6. The number of nitrogens with zero attached hydrogens (tertiary/aromatic N) is 3. The maximum Gasteiger partial charge on any atom is 0.352 e. The Morgan fingerprint density at radius 2 is 1.26 bits per heavy atom. The van der Waals surface area contributed by atoms with E-state index >= 15 is 0 Å². The second kappa shape index (κ2) is 6.07. The number of ether oxygens (including phenoxy) is 2. The maximum absolute atomic E-state index is 13.6. The lowest BCUT2D eigenvalue weighted by Gasteiger charge is -2.63. The first-order chi connectivity index (χ1) is 16.3. The van der Waals surface area contributed by atoms with Crippen molar-refractivity contribution in [3.8, 4) is 5.69 Å². The molecule has 7 nitrogen and oxygen atoms in total. The van der Waals surface area contributed by atoms with Crippen molar-refractivity contribution in [1.29, 1.82) is 0 Å².